The molecule has 0 aliphatic heterocycles. The van der Waals surface area contributed by atoms with Gasteiger partial charge in [-0.2, -0.15) is 0 Å². The summed E-state index contributed by atoms with van der Waals surface area (Å²) in [6, 6.07) is 1.87. The van der Waals surface area contributed by atoms with Gasteiger partial charge >= 0.3 is 0 Å². The minimum Gasteiger partial charge on any atom is -0.396 e. The number of aliphatic hydroxyl groups excluding tert-OH is 1. The van der Waals surface area contributed by atoms with Gasteiger partial charge in [0.05, 0.1) is 11.4 Å². The molecule has 0 aliphatic carbocycles. The third-order valence-electron chi connectivity index (χ3n) is 2.39. The molecule has 0 spiro atoms. The molecule has 2 N–H and O–H groups in total. The Labute approximate surface area is 105 Å². The van der Waals surface area contributed by atoms with Gasteiger partial charge in [-0.25, -0.2) is 9.97 Å². The lowest BCUT2D eigenvalue weighted by atomic mass is 10.4. The molecular formula is C11H16N6O. The Kier molecular flexibility index (Phi) is 4.74. The summed E-state index contributed by atoms with van der Waals surface area (Å²) in [7, 11) is 0. The maximum Gasteiger partial charge on any atom is 0.115 e. The van der Waals surface area contributed by atoms with Crippen molar-refractivity contribution in [1.29, 1.82) is 0 Å². The van der Waals surface area contributed by atoms with Crippen molar-refractivity contribution in [3.8, 4) is 0 Å². The molecular weight excluding hydrogens is 232 g/mol. The second kappa shape index (κ2) is 6.77. The average molecular weight is 248 g/mol. The highest BCUT2D eigenvalue weighted by Gasteiger charge is 2.00. The van der Waals surface area contributed by atoms with Crippen LogP contribution in [0.4, 0.5) is 0 Å². The molecule has 0 bridgehead atoms. The highest BCUT2D eigenvalue weighted by atomic mass is 16.3. The zero-order chi connectivity index (χ0) is 12.6. The molecule has 0 unspecified atom stereocenters. The Morgan fingerprint density at radius 1 is 1.28 bits per heavy atom. The summed E-state index contributed by atoms with van der Waals surface area (Å²) in [6.07, 6.45) is 5.82. The van der Waals surface area contributed by atoms with E-state index in [9.17, 15) is 0 Å². The molecule has 0 aromatic carbocycles. The molecule has 2 heterocycles. The lowest BCUT2D eigenvalue weighted by Gasteiger charge is -2.00. The standard InChI is InChI=1S/C11H16N6O/c18-5-1-4-17-8-11(15-16-17)7-13-6-10-2-3-12-9-14-10/h2-3,8-9,13,18H,1,4-7H2. The Hall–Kier alpha value is -1.86. The summed E-state index contributed by atoms with van der Waals surface area (Å²) < 4.78 is 1.73. The van der Waals surface area contributed by atoms with E-state index < -0.39 is 0 Å². The summed E-state index contributed by atoms with van der Waals surface area (Å²) in [5.41, 5.74) is 1.82. The minimum atomic E-state index is 0.168. The van der Waals surface area contributed by atoms with Crippen molar-refractivity contribution in [2.75, 3.05) is 6.61 Å². The SMILES string of the molecule is OCCCn1cc(CNCc2ccncn2)nn1. The highest BCUT2D eigenvalue weighted by Crippen LogP contribution is 1.96. The third-order valence-corrected chi connectivity index (χ3v) is 2.39. The monoisotopic (exact) mass is 248 g/mol. The summed E-state index contributed by atoms with van der Waals surface area (Å²) in [6.45, 7) is 2.17. The number of rotatable bonds is 7. The van der Waals surface area contributed by atoms with E-state index in [1.165, 1.54) is 6.33 Å². The normalized spacial score (nSPS) is 10.7. The van der Waals surface area contributed by atoms with E-state index in [2.05, 4.69) is 25.6 Å². The van der Waals surface area contributed by atoms with Crippen molar-refractivity contribution in [3.05, 3.63) is 36.2 Å². The first-order valence-electron chi connectivity index (χ1n) is 5.84. The summed E-state index contributed by atoms with van der Waals surface area (Å²) >= 11 is 0. The molecule has 0 saturated carbocycles. The minimum absolute atomic E-state index is 0.168. The fraction of sp³-hybridized carbons (Fsp3) is 0.455. The average Bonchev–Trinajstić information content (AvgIpc) is 2.85. The largest absolute Gasteiger partial charge is 0.396 e. The van der Waals surface area contributed by atoms with Crippen molar-refractivity contribution in [3.63, 3.8) is 0 Å². The van der Waals surface area contributed by atoms with E-state index in [1.54, 1.807) is 10.9 Å². The van der Waals surface area contributed by atoms with Crippen LogP contribution in [-0.4, -0.2) is 36.7 Å². The van der Waals surface area contributed by atoms with Crippen molar-refractivity contribution in [1.82, 2.24) is 30.3 Å². The second-order valence-corrected chi connectivity index (χ2v) is 3.85. The van der Waals surface area contributed by atoms with Crippen molar-refractivity contribution >= 4 is 0 Å². The van der Waals surface area contributed by atoms with Crippen LogP contribution in [0, 0.1) is 0 Å². The molecule has 0 saturated heterocycles. The Morgan fingerprint density at radius 2 is 2.17 bits per heavy atom. The van der Waals surface area contributed by atoms with Gasteiger partial charge in [0, 0.05) is 38.6 Å². The van der Waals surface area contributed by atoms with Crippen LogP contribution in [0.3, 0.4) is 0 Å². The van der Waals surface area contributed by atoms with E-state index in [4.69, 9.17) is 5.11 Å². The highest BCUT2D eigenvalue weighted by molar-refractivity contribution is 4.98. The van der Waals surface area contributed by atoms with Crippen LogP contribution in [0.2, 0.25) is 0 Å². The van der Waals surface area contributed by atoms with Crippen molar-refractivity contribution in [2.24, 2.45) is 0 Å². The molecule has 0 atom stereocenters. The first kappa shape index (κ1) is 12.6. The zero-order valence-corrected chi connectivity index (χ0v) is 10.0. The number of aryl methyl sites for hydroxylation is 1. The van der Waals surface area contributed by atoms with Gasteiger partial charge in [-0.15, -0.1) is 5.10 Å². The molecule has 18 heavy (non-hydrogen) atoms. The van der Waals surface area contributed by atoms with E-state index in [-0.39, 0.29) is 6.61 Å². The number of aromatic nitrogens is 5. The lowest BCUT2D eigenvalue weighted by Crippen LogP contribution is -2.13. The smallest absolute Gasteiger partial charge is 0.115 e. The van der Waals surface area contributed by atoms with Gasteiger partial charge in [0.2, 0.25) is 0 Å². The number of nitrogens with one attached hydrogen (secondary N) is 1. The quantitative estimate of drug-likeness (QED) is 0.702. The van der Waals surface area contributed by atoms with Gasteiger partial charge in [0.1, 0.15) is 6.33 Å². The first-order valence-corrected chi connectivity index (χ1v) is 5.84. The van der Waals surface area contributed by atoms with Gasteiger partial charge in [0.25, 0.3) is 0 Å². The number of hydrogen-bond donors (Lipinski definition) is 2. The number of nitrogens with zero attached hydrogens (tertiary/aromatic N) is 5. The van der Waals surface area contributed by atoms with Crippen LogP contribution >= 0.6 is 0 Å². The molecule has 0 aliphatic rings. The number of hydrogen-bond acceptors (Lipinski definition) is 6. The summed E-state index contributed by atoms with van der Waals surface area (Å²) in [5.74, 6) is 0. The van der Waals surface area contributed by atoms with Crippen LogP contribution in [0.5, 0.6) is 0 Å². The zero-order valence-electron chi connectivity index (χ0n) is 10.0. The maximum atomic E-state index is 8.72. The Balaban J connectivity index is 1.75. The Morgan fingerprint density at radius 3 is 2.94 bits per heavy atom. The summed E-state index contributed by atoms with van der Waals surface area (Å²) in [5, 5.41) is 20.0. The van der Waals surface area contributed by atoms with Crippen LogP contribution in [0.15, 0.2) is 24.8 Å². The second-order valence-electron chi connectivity index (χ2n) is 3.85. The fourth-order valence-electron chi connectivity index (χ4n) is 1.50. The third kappa shape index (κ3) is 3.86. The van der Waals surface area contributed by atoms with Gasteiger partial charge in [-0.1, -0.05) is 5.21 Å². The van der Waals surface area contributed by atoms with E-state index in [0.717, 1.165) is 11.4 Å². The van der Waals surface area contributed by atoms with Crippen LogP contribution < -0.4 is 5.32 Å². The molecule has 0 radical (unpaired) electrons. The van der Waals surface area contributed by atoms with Gasteiger partial charge in [0.15, 0.2) is 0 Å². The van der Waals surface area contributed by atoms with Crippen LogP contribution in [0.25, 0.3) is 0 Å². The number of aliphatic hydroxyl groups is 1. The molecule has 0 fully saturated rings. The fourth-order valence-corrected chi connectivity index (χ4v) is 1.50. The summed E-state index contributed by atoms with van der Waals surface area (Å²) in [4.78, 5) is 7.97. The van der Waals surface area contributed by atoms with Gasteiger partial charge in [-0.3, -0.25) is 4.68 Å². The van der Waals surface area contributed by atoms with Gasteiger partial charge < -0.3 is 10.4 Å². The van der Waals surface area contributed by atoms with Crippen molar-refractivity contribution < 1.29 is 5.11 Å². The lowest BCUT2D eigenvalue weighted by molar-refractivity contribution is 0.276. The maximum absolute atomic E-state index is 8.72. The predicted octanol–water partition coefficient (Wildman–Crippen LogP) is -0.260. The van der Waals surface area contributed by atoms with E-state index in [0.29, 0.717) is 26.1 Å². The molecule has 2 aromatic heterocycles. The molecule has 2 aromatic rings. The molecule has 7 nitrogen and oxygen atoms in total. The molecule has 7 heteroatoms. The van der Waals surface area contributed by atoms with E-state index in [1.807, 2.05) is 12.3 Å². The Bertz CT molecular complexity index is 458. The molecule has 0 amide bonds. The predicted molar refractivity (Wildman–Crippen MR) is 64.3 cm³/mol. The van der Waals surface area contributed by atoms with Crippen LogP contribution in [0.1, 0.15) is 17.8 Å². The molecule has 96 valence electrons. The molecule has 2 rings (SSSR count). The van der Waals surface area contributed by atoms with Crippen LogP contribution in [-0.2, 0) is 19.6 Å². The topological polar surface area (TPSA) is 88.8 Å². The van der Waals surface area contributed by atoms with Crippen molar-refractivity contribution in [2.45, 2.75) is 26.1 Å². The first-order chi connectivity index (χ1) is 8.88. The van der Waals surface area contributed by atoms with E-state index >= 15 is 0 Å². The van der Waals surface area contributed by atoms with Gasteiger partial charge in [-0.05, 0) is 12.5 Å².